The Bertz CT molecular complexity index is 460. The van der Waals surface area contributed by atoms with Gasteiger partial charge in [0.15, 0.2) is 0 Å². The van der Waals surface area contributed by atoms with Gasteiger partial charge in [0.1, 0.15) is 6.04 Å². The number of carbonyl (C=O) groups excluding carboxylic acids is 2. The van der Waals surface area contributed by atoms with Crippen LogP contribution in [0.2, 0.25) is 0 Å². The molecule has 5 heteroatoms. The van der Waals surface area contributed by atoms with E-state index < -0.39 is 12.1 Å². The van der Waals surface area contributed by atoms with Gasteiger partial charge in [-0.15, -0.1) is 0 Å². The SMILES string of the molecule is CNC(=O)C(NC(=O)C(C)C)C(C)OCc1ccccc1. The van der Waals surface area contributed by atoms with E-state index in [1.807, 2.05) is 30.3 Å². The Morgan fingerprint density at radius 3 is 2.24 bits per heavy atom. The minimum Gasteiger partial charge on any atom is -0.371 e. The molecule has 1 aromatic rings. The molecule has 0 saturated heterocycles. The molecule has 0 aliphatic carbocycles. The van der Waals surface area contributed by atoms with Crippen LogP contribution < -0.4 is 10.6 Å². The van der Waals surface area contributed by atoms with Gasteiger partial charge in [0.2, 0.25) is 11.8 Å². The van der Waals surface area contributed by atoms with Crippen LogP contribution in [0.3, 0.4) is 0 Å². The fourth-order valence-corrected chi connectivity index (χ4v) is 1.77. The fourth-order valence-electron chi connectivity index (χ4n) is 1.77. The molecule has 2 unspecified atom stereocenters. The summed E-state index contributed by atoms with van der Waals surface area (Å²) in [5.74, 6) is -0.609. The molecule has 0 spiro atoms. The lowest BCUT2D eigenvalue weighted by atomic mass is 10.1. The number of rotatable bonds is 7. The predicted octanol–water partition coefficient (Wildman–Crippen LogP) is 1.48. The molecule has 1 rings (SSSR count). The van der Waals surface area contributed by atoms with Gasteiger partial charge >= 0.3 is 0 Å². The maximum Gasteiger partial charge on any atom is 0.245 e. The standard InChI is InChI=1S/C16H24N2O3/c1-11(2)15(19)18-14(16(20)17-4)12(3)21-10-13-8-6-5-7-9-13/h5-9,11-12,14H,10H2,1-4H3,(H,17,20)(H,18,19). The molecule has 2 atom stereocenters. The van der Waals surface area contributed by atoms with Crippen LogP contribution in [0.4, 0.5) is 0 Å². The van der Waals surface area contributed by atoms with Gasteiger partial charge in [-0.25, -0.2) is 0 Å². The van der Waals surface area contributed by atoms with E-state index in [0.717, 1.165) is 5.56 Å². The lowest BCUT2D eigenvalue weighted by Gasteiger charge is -2.24. The van der Waals surface area contributed by atoms with Crippen LogP contribution in [-0.4, -0.2) is 31.0 Å². The Balaban J connectivity index is 2.64. The highest BCUT2D eigenvalue weighted by molar-refractivity contribution is 5.88. The van der Waals surface area contributed by atoms with Crippen LogP contribution in [0, 0.1) is 5.92 Å². The van der Waals surface area contributed by atoms with Crippen molar-refractivity contribution in [2.75, 3.05) is 7.05 Å². The normalized spacial score (nSPS) is 13.6. The van der Waals surface area contributed by atoms with Crippen molar-refractivity contribution < 1.29 is 14.3 Å². The first kappa shape index (κ1) is 17.2. The average Bonchev–Trinajstić information content (AvgIpc) is 2.50. The largest absolute Gasteiger partial charge is 0.371 e. The number of likely N-dealkylation sites (N-methyl/N-ethyl adjacent to an activating group) is 1. The second-order valence-corrected chi connectivity index (χ2v) is 5.26. The van der Waals surface area contributed by atoms with Gasteiger partial charge in [-0.2, -0.15) is 0 Å². The average molecular weight is 292 g/mol. The van der Waals surface area contributed by atoms with E-state index in [2.05, 4.69) is 10.6 Å². The minimum absolute atomic E-state index is 0.168. The third-order valence-electron chi connectivity index (χ3n) is 3.18. The molecule has 5 nitrogen and oxygen atoms in total. The van der Waals surface area contributed by atoms with Gasteiger partial charge in [-0.1, -0.05) is 44.2 Å². The Labute approximate surface area is 126 Å². The van der Waals surface area contributed by atoms with Crippen molar-refractivity contribution in [3.8, 4) is 0 Å². The highest BCUT2D eigenvalue weighted by atomic mass is 16.5. The van der Waals surface area contributed by atoms with E-state index in [1.165, 1.54) is 0 Å². The van der Waals surface area contributed by atoms with E-state index >= 15 is 0 Å². The molecule has 1 aromatic carbocycles. The number of benzene rings is 1. The van der Waals surface area contributed by atoms with E-state index in [0.29, 0.717) is 6.61 Å². The molecule has 2 N–H and O–H groups in total. The third-order valence-corrected chi connectivity index (χ3v) is 3.18. The first-order valence-corrected chi connectivity index (χ1v) is 7.13. The summed E-state index contributed by atoms with van der Waals surface area (Å²) in [5, 5.41) is 5.28. The van der Waals surface area contributed by atoms with Crippen LogP contribution in [-0.2, 0) is 20.9 Å². The molecule has 0 bridgehead atoms. The maximum absolute atomic E-state index is 11.9. The lowest BCUT2D eigenvalue weighted by Crippen LogP contribution is -2.53. The number of ether oxygens (including phenoxy) is 1. The topological polar surface area (TPSA) is 67.4 Å². The summed E-state index contributed by atoms with van der Waals surface area (Å²) in [4.78, 5) is 23.7. The molecule has 0 aliphatic heterocycles. The number of nitrogens with one attached hydrogen (secondary N) is 2. The van der Waals surface area contributed by atoms with Gasteiger partial charge in [0, 0.05) is 13.0 Å². The summed E-state index contributed by atoms with van der Waals surface area (Å²) < 4.78 is 5.72. The maximum atomic E-state index is 11.9. The van der Waals surface area contributed by atoms with Crippen molar-refractivity contribution in [3.63, 3.8) is 0 Å². The van der Waals surface area contributed by atoms with E-state index in [4.69, 9.17) is 4.74 Å². The molecule has 0 aliphatic rings. The number of hydrogen-bond acceptors (Lipinski definition) is 3. The van der Waals surface area contributed by atoms with Gasteiger partial charge in [-0.05, 0) is 12.5 Å². The summed E-state index contributed by atoms with van der Waals surface area (Å²) in [7, 11) is 1.54. The van der Waals surface area contributed by atoms with Crippen molar-refractivity contribution >= 4 is 11.8 Å². The van der Waals surface area contributed by atoms with Crippen LogP contribution in [0.15, 0.2) is 30.3 Å². The zero-order chi connectivity index (χ0) is 15.8. The minimum atomic E-state index is -0.700. The molecule has 0 saturated carbocycles. The molecule has 2 amide bonds. The van der Waals surface area contributed by atoms with Crippen molar-refractivity contribution in [1.29, 1.82) is 0 Å². The summed E-state index contributed by atoms with van der Waals surface area (Å²) in [6, 6.07) is 9.00. The van der Waals surface area contributed by atoms with Crippen LogP contribution >= 0.6 is 0 Å². The van der Waals surface area contributed by atoms with Gasteiger partial charge in [-0.3, -0.25) is 9.59 Å². The Morgan fingerprint density at radius 1 is 1.10 bits per heavy atom. The zero-order valence-electron chi connectivity index (χ0n) is 13.1. The third kappa shape index (κ3) is 5.55. The number of amides is 2. The molecular formula is C16H24N2O3. The lowest BCUT2D eigenvalue weighted by molar-refractivity contribution is -0.134. The zero-order valence-corrected chi connectivity index (χ0v) is 13.1. The Kier molecular flexibility index (Phi) is 6.88. The van der Waals surface area contributed by atoms with Gasteiger partial charge in [0.05, 0.1) is 12.7 Å². The summed E-state index contributed by atoms with van der Waals surface area (Å²) in [6.45, 7) is 5.74. The summed E-state index contributed by atoms with van der Waals surface area (Å²) in [5.41, 5.74) is 1.02. The quantitative estimate of drug-likeness (QED) is 0.800. The number of carbonyl (C=O) groups is 2. The highest BCUT2D eigenvalue weighted by Gasteiger charge is 2.27. The second-order valence-electron chi connectivity index (χ2n) is 5.26. The van der Waals surface area contributed by atoms with Crippen LogP contribution in [0.25, 0.3) is 0 Å². The Hall–Kier alpha value is -1.88. The monoisotopic (exact) mass is 292 g/mol. The van der Waals surface area contributed by atoms with Crippen LogP contribution in [0.1, 0.15) is 26.3 Å². The van der Waals surface area contributed by atoms with Crippen molar-refractivity contribution in [2.24, 2.45) is 5.92 Å². The van der Waals surface area contributed by atoms with E-state index in [1.54, 1.807) is 27.8 Å². The summed E-state index contributed by atoms with van der Waals surface area (Å²) in [6.07, 6.45) is -0.423. The predicted molar refractivity (Wildman–Crippen MR) is 81.5 cm³/mol. The van der Waals surface area contributed by atoms with Crippen LogP contribution in [0.5, 0.6) is 0 Å². The van der Waals surface area contributed by atoms with Crippen molar-refractivity contribution in [1.82, 2.24) is 10.6 Å². The first-order chi connectivity index (χ1) is 9.95. The second kappa shape index (κ2) is 8.42. The van der Waals surface area contributed by atoms with Gasteiger partial charge in [0.25, 0.3) is 0 Å². The smallest absolute Gasteiger partial charge is 0.245 e. The molecule has 0 aromatic heterocycles. The summed E-state index contributed by atoms with van der Waals surface area (Å²) >= 11 is 0. The number of hydrogen-bond donors (Lipinski definition) is 2. The molecule has 21 heavy (non-hydrogen) atoms. The molecule has 0 heterocycles. The molecule has 116 valence electrons. The first-order valence-electron chi connectivity index (χ1n) is 7.13. The molecule has 0 radical (unpaired) electrons. The Morgan fingerprint density at radius 2 is 1.71 bits per heavy atom. The van der Waals surface area contributed by atoms with E-state index in [-0.39, 0.29) is 17.7 Å². The van der Waals surface area contributed by atoms with E-state index in [9.17, 15) is 9.59 Å². The van der Waals surface area contributed by atoms with Crippen molar-refractivity contribution in [3.05, 3.63) is 35.9 Å². The van der Waals surface area contributed by atoms with Crippen molar-refractivity contribution in [2.45, 2.75) is 39.5 Å². The molecule has 0 fully saturated rings. The van der Waals surface area contributed by atoms with Gasteiger partial charge < -0.3 is 15.4 Å². The highest BCUT2D eigenvalue weighted by Crippen LogP contribution is 2.07. The fraction of sp³-hybridized carbons (Fsp3) is 0.500. The molecular weight excluding hydrogens is 268 g/mol.